The monoisotopic (exact) mass is 367 g/mol. The van der Waals surface area contributed by atoms with Gasteiger partial charge in [0.05, 0.1) is 20.3 Å². The van der Waals surface area contributed by atoms with Crippen LogP contribution in [0.5, 0.6) is 23.5 Å². The number of nitrogens with zero attached hydrogens (tertiary/aromatic N) is 3. The van der Waals surface area contributed by atoms with Crippen molar-refractivity contribution in [2.24, 2.45) is 0 Å². The fraction of sp³-hybridized carbons (Fsp3) is 0.158. The summed E-state index contributed by atoms with van der Waals surface area (Å²) in [6, 6.07) is 14.0. The molecule has 2 aromatic heterocycles. The third kappa shape index (κ3) is 4.69. The van der Waals surface area contributed by atoms with Crippen LogP contribution >= 0.6 is 0 Å². The molecule has 0 unspecified atom stereocenters. The lowest BCUT2D eigenvalue weighted by atomic mass is 10.2. The summed E-state index contributed by atoms with van der Waals surface area (Å²) in [6.45, 7) is 0.124. The van der Waals surface area contributed by atoms with E-state index in [0.717, 1.165) is 5.56 Å². The summed E-state index contributed by atoms with van der Waals surface area (Å²) in [4.78, 5) is 24.6. The van der Waals surface area contributed by atoms with Crippen LogP contribution in [0.15, 0.2) is 54.7 Å². The molecule has 0 aliphatic heterocycles. The maximum absolute atomic E-state index is 12.4. The van der Waals surface area contributed by atoms with Crippen molar-refractivity contribution in [1.29, 1.82) is 0 Å². The van der Waals surface area contributed by atoms with Crippen molar-refractivity contribution >= 4 is 5.97 Å². The highest BCUT2D eigenvalue weighted by Gasteiger charge is 2.18. The molecule has 8 nitrogen and oxygen atoms in total. The zero-order valence-corrected chi connectivity index (χ0v) is 14.8. The summed E-state index contributed by atoms with van der Waals surface area (Å²) in [6.07, 6.45) is 1.47. The Bertz CT molecular complexity index is 896. The second kappa shape index (κ2) is 8.61. The summed E-state index contributed by atoms with van der Waals surface area (Å²) >= 11 is 0. The van der Waals surface area contributed by atoms with Crippen LogP contribution in [0.1, 0.15) is 16.1 Å². The molecule has 0 spiro atoms. The van der Waals surface area contributed by atoms with E-state index in [2.05, 4.69) is 15.0 Å². The summed E-state index contributed by atoms with van der Waals surface area (Å²) in [5.41, 5.74) is 0.879. The van der Waals surface area contributed by atoms with Gasteiger partial charge in [0, 0.05) is 6.20 Å². The number of rotatable bonds is 7. The van der Waals surface area contributed by atoms with Crippen molar-refractivity contribution in [3.05, 3.63) is 66.0 Å². The Morgan fingerprint density at radius 2 is 1.67 bits per heavy atom. The van der Waals surface area contributed by atoms with Crippen LogP contribution in [0.25, 0.3) is 0 Å². The molecule has 138 valence electrons. The van der Waals surface area contributed by atoms with Gasteiger partial charge in [-0.2, -0.15) is 9.97 Å². The lowest BCUT2D eigenvalue weighted by molar-refractivity contribution is 0.0462. The average molecular weight is 367 g/mol. The number of pyridine rings is 1. The standard InChI is InChI=1S/C19H17N3O5/c1-24-15-11-16(25-2)22-19(21-15)27-14-9-6-10-20-17(14)18(23)26-12-13-7-4-3-5-8-13/h3-11H,12H2,1-2H3. The Morgan fingerprint density at radius 3 is 2.33 bits per heavy atom. The number of carbonyl (C=O) groups excluding carboxylic acids is 1. The van der Waals surface area contributed by atoms with E-state index in [1.807, 2.05) is 30.3 Å². The fourth-order valence-electron chi connectivity index (χ4n) is 2.15. The van der Waals surface area contributed by atoms with Crippen molar-refractivity contribution in [2.75, 3.05) is 14.2 Å². The molecule has 0 aliphatic carbocycles. The van der Waals surface area contributed by atoms with Gasteiger partial charge < -0.3 is 18.9 Å². The van der Waals surface area contributed by atoms with Crippen molar-refractivity contribution in [1.82, 2.24) is 15.0 Å². The lowest BCUT2D eigenvalue weighted by Crippen LogP contribution is -2.09. The number of esters is 1. The van der Waals surface area contributed by atoms with Crippen LogP contribution in [-0.4, -0.2) is 35.1 Å². The van der Waals surface area contributed by atoms with E-state index in [9.17, 15) is 4.79 Å². The summed E-state index contributed by atoms with van der Waals surface area (Å²) in [7, 11) is 2.92. The predicted molar refractivity (Wildman–Crippen MR) is 95.0 cm³/mol. The van der Waals surface area contributed by atoms with Gasteiger partial charge in [0.1, 0.15) is 6.61 Å². The van der Waals surface area contributed by atoms with E-state index in [-0.39, 0.29) is 35.8 Å². The van der Waals surface area contributed by atoms with E-state index < -0.39 is 5.97 Å². The fourth-order valence-corrected chi connectivity index (χ4v) is 2.15. The SMILES string of the molecule is COc1cc(OC)nc(Oc2cccnc2C(=O)OCc2ccccc2)n1. The third-order valence-corrected chi connectivity index (χ3v) is 3.45. The predicted octanol–water partition coefficient (Wildman–Crippen LogP) is 3.04. The highest BCUT2D eigenvalue weighted by molar-refractivity contribution is 5.90. The Morgan fingerprint density at radius 1 is 0.963 bits per heavy atom. The molecule has 8 heteroatoms. The maximum Gasteiger partial charge on any atom is 0.361 e. The van der Waals surface area contributed by atoms with Crippen molar-refractivity contribution < 1.29 is 23.7 Å². The number of methoxy groups -OCH3 is 2. The second-order valence-electron chi connectivity index (χ2n) is 5.25. The van der Waals surface area contributed by atoms with E-state index in [0.29, 0.717) is 0 Å². The molecule has 0 bridgehead atoms. The smallest absolute Gasteiger partial charge is 0.361 e. The molecule has 0 radical (unpaired) electrons. The normalized spacial score (nSPS) is 10.1. The molecule has 27 heavy (non-hydrogen) atoms. The molecule has 2 heterocycles. The largest absolute Gasteiger partial charge is 0.481 e. The van der Waals surface area contributed by atoms with Crippen LogP contribution in [0, 0.1) is 0 Å². The van der Waals surface area contributed by atoms with Gasteiger partial charge in [-0.15, -0.1) is 0 Å². The Balaban J connectivity index is 1.78. The molecule has 0 saturated heterocycles. The molecule has 0 atom stereocenters. The Hall–Kier alpha value is -3.68. The number of hydrogen-bond acceptors (Lipinski definition) is 8. The zero-order valence-electron chi connectivity index (χ0n) is 14.8. The molecule has 3 aromatic rings. The number of ether oxygens (including phenoxy) is 4. The van der Waals surface area contributed by atoms with E-state index in [1.165, 1.54) is 26.5 Å². The second-order valence-corrected chi connectivity index (χ2v) is 5.25. The number of benzene rings is 1. The zero-order chi connectivity index (χ0) is 19.1. The van der Waals surface area contributed by atoms with Crippen LogP contribution in [0.3, 0.4) is 0 Å². The highest BCUT2D eigenvalue weighted by atomic mass is 16.5. The van der Waals surface area contributed by atoms with Crippen LogP contribution in [0.4, 0.5) is 0 Å². The van der Waals surface area contributed by atoms with Crippen LogP contribution in [-0.2, 0) is 11.3 Å². The molecule has 0 fully saturated rings. The minimum Gasteiger partial charge on any atom is -0.481 e. The van der Waals surface area contributed by atoms with Crippen molar-refractivity contribution in [3.8, 4) is 23.5 Å². The van der Waals surface area contributed by atoms with Crippen LogP contribution < -0.4 is 14.2 Å². The van der Waals surface area contributed by atoms with Gasteiger partial charge in [0.15, 0.2) is 11.4 Å². The quantitative estimate of drug-likeness (QED) is 0.588. The number of aromatic nitrogens is 3. The minimum absolute atomic E-state index is 0.0128. The van der Waals surface area contributed by atoms with Crippen molar-refractivity contribution in [3.63, 3.8) is 0 Å². The molecule has 1 aromatic carbocycles. The molecular weight excluding hydrogens is 350 g/mol. The molecule has 0 aliphatic rings. The Kier molecular flexibility index (Phi) is 5.78. The average Bonchev–Trinajstić information content (AvgIpc) is 2.72. The highest BCUT2D eigenvalue weighted by Crippen LogP contribution is 2.26. The van der Waals surface area contributed by atoms with Gasteiger partial charge in [-0.25, -0.2) is 9.78 Å². The van der Waals surface area contributed by atoms with Gasteiger partial charge in [0.2, 0.25) is 11.8 Å². The molecule has 3 rings (SSSR count). The summed E-state index contributed by atoms with van der Waals surface area (Å²) in [5, 5.41) is 0. The first-order valence-electron chi connectivity index (χ1n) is 8.00. The van der Waals surface area contributed by atoms with Gasteiger partial charge in [-0.1, -0.05) is 30.3 Å². The number of hydrogen-bond donors (Lipinski definition) is 0. The molecule has 0 N–H and O–H groups in total. The first-order valence-corrected chi connectivity index (χ1v) is 8.00. The Labute approximate surface area is 155 Å². The van der Waals surface area contributed by atoms with Gasteiger partial charge in [0.25, 0.3) is 0 Å². The first kappa shape index (κ1) is 18.1. The van der Waals surface area contributed by atoms with Crippen LogP contribution in [0.2, 0.25) is 0 Å². The van der Waals surface area contributed by atoms with Gasteiger partial charge in [-0.05, 0) is 17.7 Å². The topological polar surface area (TPSA) is 92.7 Å². The van der Waals surface area contributed by atoms with E-state index in [4.69, 9.17) is 18.9 Å². The first-order chi connectivity index (χ1) is 13.2. The van der Waals surface area contributed by atoms with E-state index >= 15 is 0 Å². The third-order valence-electron chi connectivity index (χ3n) is 3.45. The molecular formula is C19H17N3O5. The number of carbonyl (C=O) groups is 1. The summed E-state index contributed by atoms with van der Waals surface area (Å²) < 4.78 is 21.1. The minimum atomic E-state index is -0.621. The van der Waals surface area contributed by atoms with Gasteiger partial charge >= 0.3 is 12.0 Å². The summed E-state index contributed by atoms with van der Waals surface area (Å²) in [5.74, 6) is 0.0538. The molecule has 0 amide bonds. The van der Waals surface area contributed by atoms with E-state index in [1.54, 1.807) is 12.1 Å². The van der Waals surface area contributed by atoms with Crippen molar-refractivity contribution in [2.45, 2.75) is 6.61 Å². The van der Waals surface area contributed by atoms with Gasteiger partial charge in [-0.3, -0.25) is 0 Å². The maximum atomic E-state index is 12.4. The lowest BCUT2D eigenvalue weighted by Gasteiger charge is -2.10. The molecule has 0 saturated carbocycles.